The van der Waals surface area contributed by atoms with Crippen molar-refractivity contribution < 1.29 is 14.0 Å². The second-order valence-electron chi connectivity index (χ2n) is 7.39. The predicted molar refractivity (Wildman–Crippen MR) is 118 cm³/mol. The maximum atomic E-state index is 13.2. The topological polar surface area (TPSA) is 78.7 Å². The van der Waals surface area contributed by atoms with Crippen molar-refractivity contribution >= 4 is 39.6 Å². The van der Waals surface area contributed by atoms with Crippen LogP contribution in [-0.4, -0.2) is 52.8 Å². The molecule has 158 valence electrons. The number of nitrogens with one attached hydrogen (secondary N) is 1. The fourth-order valence-corrected chi connectivity index (χ4v) is 4.89. The lowest BCUT2D eigenvalue weighted by Crippen LogP contribution is -2.46. The molecule has 7 nitrogen and oxygen atoms in total. The van der Waals surface area contributed by atoms with E-state index in [2.05, 4.69) is 22.2 Å². The van der Waals surface area contributed by atoms with Crippen molar-refractivity contribution in [2.75, 3.05) is 25.5 Å². The van der Waals surface area contributed by atoms with Crippen LogP contribution in [0.5, 0.6) is 0 Å². The van der Waals surface area contributed by atoms with E-state index in [1.165, 1.54) is 22.7 Å². The standard InChI is InChI=1S/C21H24N4O3S2/c1-24-8-6-16(7-9-24)25(13-17-4-2-10-28-17)19(26)12-15-14-30-21(22-15)23-20(27)18-5-3-11-29-18/h2-5,10-11,14,16H,6-9,12-13H2,1H3,(H,22,23,27). The molecule has 3 aromatic heterocycles. The number of hydrogen-bond donors (Lipinski definition) is 1. The number of piperidine rings is 1. The van der Waals surface area contributed by atoms with Crippen molar-refractivity contribution in [2.24, 2.45) is 0 Å². The van der Waals surface area contributed by atoms with Gasteiger partial charge in [-0.05, 0) is 56.6 Å². The van der Waals surface area contributed by atoms with Gasteiger partial charge in [0.05, 0.1) is 29.8 Å². The number of aromatic nitrogens is 1. The van der Waals surface area contributed by atoms with E-state index in [0.717, 1.165) is 31.7 Å². The summed E-state index contributed by atoms with van der Waals surface area (Å²) in [4.78, 5) is 34.7. The Labute approximate surface area is 183 Å². The number of hydrogen-bond acceptors (Lipinski definition) is 7. The van der Waals surface area contributed by atoms with Crippen LogP contribution in [-0.2, 0) is 17.8 Å². The number of thiazole rings is 1. The Morgan fingerprint density at radius 2 is 2.10 bits per heavy atom. The lowest BCUT2D eigenvalue weighted by atomic mass is 10.0. The zero-order chi connectivity index (χ0) is 20.9. The van der Waals surface area contributed by atoms with E-state index in [1.807, 2.05) is 33.9 Å². The van der Waals surface area contributed by atoms with Gasteiger partial charge in [0.15, 0.2) is 5.13 Å². The van der Waals surface area contributed by atoms with Crippen LogP contribution in [0.4, 0.5) is 5.13 Å². The van der Waals surface area contributed by atoms with Crippen LogP contribution >= 0.6 is 22.7 Å². The van der Waals surface area contributed by atoms with Crippen LogP contribution in [0.2, 0.25) is 0 Å². The van der Waals surface area contributed by atoms with Crippen LogP contribution in [0.3, 0.4) is 0 Å². The van der Waals surface area contributed by atoms with E-state index in [1.54, 1.807) is 12.3 Å². The highest BCUT2D eigenvalue weighted by Crippen LogP contribution is 2.22. The summed E-state index contributed by atoms with van der Waals surface area (Å²) in [6.07, 6.45) is 3.73. The fourth-order valence-electron chi connectivity index (χ4n) is 3.57. The summed E-state index contributed by atoms with van der Waals surface area (Å²) < 4.78 is 5.50. The Kier molecular flexibility index (Phi) is 6.61. The third-order valence-electron chi connectivity index (χ3n) is 5.21. The van der Waals surface area contributed by atoms with E-state index in [0.29, 0.717) is 22.2 Å². The van der Waals surface area contributed by atoms with Gasteiger partial charge in [-0.1, -0.05) is 6.07 Å². The van der Waals surface area contributed by atoms with Gasteiger partial charge in [0.2, 0.25) is 5.91 Å². The van der Waals surface area contributed by atoms with Gasteiger partial charge in [0.1, 0.15) is 5.76 Å². The van der Waals surface area contributed by atoms with Crippen molar-refractivity contribution in [3.8, 4) is 0 Å². The molecule has 9 heteroatoms. The van der Waals surface area contributed by atoms with E-state index in [9.17, 15) is 9.59 Å². The molecule has 0 radical (unpaired) electrons. The Morgan fingerprint density at radius 3 is 2.80 bits per heavy atom. The monoisotopic (exact) mass is 444 g/mol. The van der Waals surface area contributed by atoms with Gasteiger partial charge in [0.25, 0.3) is 5.91 Å². The number of amides is 2. The van der Waals surface area contributed by atoms with Crippen molar-refractivity contribution in [1.29, 1.82) is 0 Å². The molecular formula is C21H24N4O3S2. The molecule has 0 spiro atoms. The molecular weight excluding hydrogens is 420 g/mol. The third kappa shape index (κ3) is 5.16. The van der Waals surface area contributed by atoms with E-state index in [-0.39, 0.29) is 24.3 Å². The molecule has 3 aromatic rings. The first kappa shape index (κ1) is 20.8. The third-order valence-corrected chi connectivity index (χ3v) is 6.88. The number of anilines is 1. The Morgan fingerprint density at radius 1 is 1.27 bits per heavy atom. The summed E-state index contributed by atoms with van der Waals surface area (Å²) in [6, 6.07) is 7.54. The maximum Gasteiger partial charge on any atom is 0.267 e. The molecule has 2 amide bonds. The Bertz CT molecular complexity index is 960. The van der Waals surface area contributed by atoms with Crippen LogP contribution in [0, 0.1) is 0 Å². The number of rotatable bonds is 7. The van der Waals surface area contributed by atoms with Gasteiger partial charge in [-0.15, -0.1) is 22.7 Å². The van der Waals surface area contributed by atoms with Crippen LogP contribution in [0.1, 0.15) is 34.0 Å². The quantitative estimate of drug-likeness (QED) is 0.601. The lowest BCUT2D eigenvalue weighted by molar-refractivity contribution is -0.134. The van der Waals surface area contributed by atoms with Crippen molar-refractivity contribution in [3.63, 3.8) is 0 Å². The predicted octanol–water partition coefficient (Wildman–Crippen LogP) is 3.72. The van der Waals surface area contributed by atoms with Gasteiger partial charge in [-0.3, -0.25) is 14.9 Å². The summed E-state index contributed by atoms with van der Waals surface area (Å²) in [5, 5.41) is 7.01. The molecule has 4 rings (SSSR count). The molecule has 1 N–H and O–H groups in total. The van der Waals surface area contributed by atoms with Crippen molar-refractivity contribution in [3.05, 3.63) is 57.6 Å². The van der Waals surface area contributed by atoms with Crippen LogP contribution < -0.4 is 5.32 Å². The number of likely N-dealkylation sites (tertiary alicyclic amines) is 1. The highest BCUT2D eigenvalue weighted by Gasteiger charge is 2.28. The number of carbonyl (C=O) groups is 2. The molecule has 1 aliphatic heterocycles. The summed E-state index contributed by atoms with van der Waals surface area (Å²) in [6.45, 7) is 2.41. The minimum absolute atomic E-state index is 0.0300. The molecule has 0 unspecified atom stereocenters. The molecule has 1 saturated heterocycles. The maximum absolute atomic E-state index is 13.2. The van der Waals surface area contributed by atoms with Crippen LogP contribution in [0.25, 0.3) is 0 Å². The highest BCUT2D eigenvalue weighted by molar-refractivity contribution is 7.14. The fraction of sp³-hybridized carbons (Fsp3) is 0.381. The largest absolute Gasteiger partial charge is 0.467 e. The first-order valence-electron chi connectivity index (χ1n) is 9.88. The molecule has 1 fully saturated rings. The lowest BCUT2D eigenvalue weighted by Gasteiger charge is -2.37. The number of carbonyl (C=O) groups excluding carboxylic acids is 2. The molecule has 0 bridgehead atoms. The Hall–Kier alpha value is -2.49. The van der Waals surface area contributed by atoms with Crippen molar-refractivity contribution in [1.82, 2.24) is 14.8 Å². The first-order valence-corrected chi connectivity index (χ1v) is 11.6. The smallest absolute Gasteiger partial charge is 0.267 e. The van der Waals surface area contributed by atoms with E-state index < -0.39 is 0 Å². The average molecular weight is 445 g/mol. The van der Waals surface area contributed by atoms with Gasteiger partial charge < -0.3 is 14.2 Å². The van der Waals surface area contributed by atoms with Gasteiger partial charge in [-0.2, -0.15) is 0 Å². The molecule has 0 aliphatic carbocycles. The minimum Gasteiger partial charge on any atom is -0.467 e. The number of nitrogens with zero attached hydrogens (tertiary/aromatic N) is 3. The average Bonchev–Trinajstić information content (AvgIpc) is 3.50. The summed E-state index contributed by atoms with van der Waals surface area (Å²) in [5.74, 6) is 0.634. The summed E-state index contributed by atoms with van der Waals surface area (Å²) in [5.41, 5.74) is 0.670. The van der Waals surface area contributed by atoms with Gasteiger partial charge in [0, 0.05) is 11.4 Å². The molecule has 4 heterocycles. The molecule has 0 atom stereocenters. The zero-order valence-corrected chi connectivity index (χ0v) is 18.4. The van der Waals surface area contributed by atoms with Crippen molar-refractivity contribution in [2.45, 2.75) is 31.8 Å². The normalized spacial score (nSPS) is 15.2. The van der Waals surface area contributed by atoms with E-state index >= 15 is 0 Å². The SMILES string of the molecule is CN1CCC(N(Cc2ccco2)C(=O)Cc2csc(NC(=O)c3cccs3)n2)CC1. The number of furan rings is 1. The molecule has 0 saturated carbocycles. The second kappa shape index (κ2) is 9.55. The van der Waals surface area contributed by atoms with Crippen LogP contribution in [0.15, 0.2) is 45.7 Å². The number of thiophene rings is 1. The second-order valence-corrected chi connectivity index (χ2v) is 9.19. The van der Waals surface area contributed by atoms with Gasteiger partial charge >= 0.3 is 0 Å². The molecule has 0 aromatic carbocycles. The molecule has 30 heavy (non-hydrogen) atoms. The Balaban J connectivity index is 1.41. The highest BCUT2D eigenvalue weighted by atomic mass is 32.1. The zero-order valence-electron chi connectivity index (χ0n) is 16.7. The van der Waals surface area contributed by atoms with E-state index in [4.69, 9.17) is 4.42 Å². The summed E-state index contributed by atoms with van der Waals surface area (Å²) in [7, 11) is 2.11. The molecule has 1 aliphatic rings. The summed E-state index contributed by atoms with van der Waals surface area (Å²) >= 11 is 2.72. The van der Waals surface area contributed by atoms with Gasteiger partial charge in [-0.25, -0.2) is 4.98 Å². The first-order chi connectivity index (χ1) is 14.6. The minimum atomic E-state index is -0.178.